The van der Waals surface area contributed by atoms with Gasteiger partial charge in [0, 0.05) is 25.2 Å². The minimum absolute atomic E-state index is 0.0840. The highest BCUT2D eigenvalue weighted by Crippen LogP contribution is 2.10. The molecular formula is C9H18F2N2. The summed E-state index contributed by atoms with van der Waals surface area (Å²) < 4.78 is 24.3. The molecule has 1 N–H and O–H groups in total. The van der Waals surface area contributed by atoms with Gasteiger partial charge in [-0.15, -0.1) is 0 Å². The van der Waals surface area contributed by atoms with Crippen molar-refractivity contribution in [2.75, 3.05) is 19.6 Å². The summed E-state index contributed by atoms with van der Waals surface area (Å²) in [6.07, 6.45) is -1.20. The van der Waals surface area contributed by atoms with Gasteiger partial charge in [0.05, 0.1) is 6.54 Å². The number of hydrogen-bond donors (Lipinski definition) is 1. The molecule has 0 amide bonds. The number of rotatable bonds is 3. The van der Waals surface area contributed by atoms with E-state index in [0.29, 0.717) is 6.04 Å². The fourth-order valence-electron chi connectivity index (χ4n) is 1.70. The van der Waals surface area contributed by atoms with Gasteiger partial charge in [-0.05, 0) is 13.3 Å². The minimum atomic E-state index is -2.21. The number of nitrogens with zero attached hydrogens (tertiary/aromatic N) is 1. The lowest BCUT2D eigenvalue weighted by molar-refractivity contribution is 0.0478. The molecular weight excluding hydrogens is 174 g/mol. The number of piperazine rings is 1. The molecule has 2 atom stereocenters. The van der Waals surface area contributed by atoms with Crippen LogP contribution in [0, 0.1) is 0 Å². The van der Waals surface area contributed by atoms with Crippen LogP contribution in [0.15, 0.2) is 0 Å². The molecule has 0 aromatic rings. The van der Waals surface area contributed by atoms with Gasteiger partial charge in [-0.2, -0.15) is 0 Å². The molecule has 0 saturated carbocycles. The molecule has 13 heavy (non-hydrogen) atoms. The second kappa shape index (κ2) is 4.86. The van der Waals surface area contributed by atoms with Crippen molar-refractivity contribution in [2.24, 2.45) is 0 Å². The standard InChI is InChI=1S/C9H18F2N2/c1-3-8-5-13(6-9(10)11)7(2)4-12-8/h7-9,12H,3-6H2,1-2H3. The Hall–Kier alpha value is -0.220. The molecule has 0 aromatic carbocycles. The topological polar surface area (TPSA) is 15.3 Å². The molecule has 0 aromatic heterocycles. The van der Waals surface area contributed by atoms with Crippen molar-refractivity contribution in [1.82, 2.24) is 10.2 Å². The average Bonchev–Trinajstić information content (AvgIpc) is 2.08. The number of nitrogens with one attached hydrogen (secondary N) is 1. The maximum Gasteiger partial charge on any atom is 0.251 e. The largest absolute Gasteiger partial charge is 0.311 e. The third-order valence-corrected chi connectivity index (χ3v) is 2.65. The van der Waals surface area contributed by atoms with Crippen molar-refractivity contribution in [3.8, 4) is 0 Å². The monoisotopic (exact) mass is 192 g/mol. The van der Waals surface area contributed by atoms with Gasteiger partial charge in [0.1, 0.15) is 0 Å². The van der Waals surface area contributed by atoms with Crippen LogP contribution in [-0.2, 0) is 0 Å². The summed E-state index contributed by atoms with van der Waals surface area (Å²) >= 11 is 0. The first kappa shape index (κ1) is 10.9. The van der Waals surface area contributed by atoms with Gasteiger partial charge >= 0.3 is 0 Å². The summed E-state index contributed by atoms with van der Waals surface area (Å²) in [6.45, 7) is 5.56. The third kappa shape index (κ3) is 3.19. The van der Waals surface area contributed by atoms with Crippen molar-refractivity contribution >= 4 is 0 Å². The predicted molar refractivity (Wildman–Crippen MR) is 49.1 cm³/mol. The maximum absolute atomic E-state index is 12.2. The molecule has 1 aliphatic rings. The van der Waals surface area contributed by atoms with Crippen LogP contribution in [-0.4, -0.2) is 43.0 Å². The van der Waals surface area contributed by atoms with E-state index in [9.17, 15) is 8.78 Å². The molecule has 1 rings (SSSR count). The SMILES string of the molecule is CCC1CN(CC(F)F)C(C)CN1. The van der Waals surface area contributed by atoms with Crippen LogP contribution in [0.5, 0.6) is 0 Å². The van der Waals surface area contributed by atoms with Crippen LogP contribution in [0.2, 0.25) is 0 Å². The van der Waals surface area contributed by atoms with Crippen LogP contribution in [0.25, 0.3) is 0 Å². The lowest BCUT2D eigenvalue weighted by atomic mass is 10.1. The first-order valence-electron chi connectivity index (χ1n) is 4.89. The summed E-state index contributed by atoms with van der Waals surface area (Å²) in [5.74, 6) is 0. The second-order valence-electron chi connectivity index (χ2n) is 3.71. The van der Waals surface area contributed by atoms with Crippen LogP contribution in [0.3, 0.4) is 0 Å². The van der Waals surface area contributed by atoms with Crippen LogP contribution >= 0.6 is 0 Å². The van der Waals surface area contributed by atoms with Gasteiger partial charge < -0.3 is 5.32 Å². The zero-order valence-electron chi connectivity index (χ0n) is 8.26. The van der Waals surface area contributed by atoms with Crippen LogP contribution in [0.1, 0.15) is 20.3 Å². The number of alkyl halides is 2. The molecule has 0 aliphatic carbocycles. The Morgan fingerprint density at radius 1 is 1.54 bits per heavy atom. The Morgan fingerprint density at radius 3 is 2.77 bits per heavy atom. The molecule has 0 bridgehead atoms. The highest BCUT2D eigenvalue weighted by molar-refractivity contribution is 4.83. The zero-order valence-corrected chi connectivity index (χ0v) is 8.26. The highest BCUT2D eigenvalue weighted by Gasteiger charge is 2.25. The fourth-order valence-corrected chi connectivity index (χ4v) is 1.70. The van der Waals surface area contributed by atoms with E-state index in [2.05, 4.69) is 12.2 Å². The maximum atomic E-state index is 12.2. The van der Waals surface area contributed by atoms with Crippen molar-refractivity contribution in [2.45, 2.75) is 38.8 Å². The summed E-state index contributed by atoms with van der Waals surface area (Å²) in [6, 6.07) is 0.617. The van der Waals surface area contributed by atoms with Crippen molar-refractivity contribution in [1.29, 1.82) is 0 Å². The molecule has 1 fully saturated rings. The predicted octanol–water partition coefficient (Wildman–Crippen LogP) is 1.32. The molecule has 1 aliphatic heterocycles. The summed E-state index contributed by atoms with van der Waals surface area (Å²) in [7, 11) is 0. The van der Waals surface area contributed by atoms with E-state index >= 15 is 0 Å². The van der Waals surface area contributed by atoms with Crippen molar-refractivity contribution in [3.05, 3.63) is 0 Å². The Bertz CT molecular complexity index is 153. The van der Waals surface area contributed by atoms with E-state index in [1.807, 2.05) is 11.8 Å². The Balaban J connectivity index is 2.40. The first-order chi connectivity index (χ1) is 6.13. The van der Waals surface area contributed by atoms with Crippen molar-refractivity contribution < 1.29 is 8.78 Å². The molecule has 4 heteroatoms. The average molecular weight is 192 g/mol. The minimum Gasteiger partial charge on any atom is -0.311 e. The van der Waals surface area contributed by atoms with Gasteiger partial charge in [-0.3, -0.25) is 4.90 Å². The smallest absolute Gasteiger partial charge is 0.251 e. The second-order valence-corrected chi connectivity index (χ2v) is 3.71. The number of halogens is 2. The van der Waals surface area contributed by atoms with E-state index in [0.717, 1.165) is 19.5 Å². The fraction of sp³-hybridized carbons (Fsp3) is 1.00. The molecule has 2 unspecified atom stereocenters. The van der Waals surface area contributed by atoms with Gasteiger partial charge in [0.25, 0.3) is 6.43 Å². The van der Waals surface area contributed by atoms with E-state index < -0.39 is 6.43 Å². The molecule has 78 valence electrons. The zero-order chi connectivity index (χ0) is 9.84. The number of hydrogen-bond acceptors (Lipinski definition) is 2. The van der Waals surface area contributed by atoms with Crippen LogP contribution in [0.4, 0.5) is 8.78 Å². The van der Waals surface area contributed by atoms with Gasteiger partial charge in [0.2, 0.25) is 0 Å². The quantitative estimate of drug-likeness (QED) is 0.725. The van der Waals surface area contributed by atoms with Gasteiger partial charge in [0.15, 0.2) is 0 Å². The molecule has 1 saturated heterocycles. The Labute approximate surface area is 78.3 Å². The third-order valence-electron chi connectivity index (χ3n) is 2.65. The van der Waals surface area contributed by atoms with Gasteiger partial charge in [-0.25, -0.2) is 8.78 Å². The van der Waals surface area contributed by atoms with E-state index in [4.69, 9.17) is 0 Å². The summed E-state index contributed by atoms with van der Waals surface area (Å²) in [4.78, 5) is 1.87. The van der Waals surface area contributed by atoms with Gasteiger partial charge in [-0.1, -0.05) is 6.92 Å². The molecule has 2 nitrogen and oxygen atoms in total. The van der Waals surface area contributed by atoms with E-state index in [1.54, 1.807) is 0 Å². The normalized spacial score (nSPS) is 31.2. The van der Waals surface area contributed by atoms with E-state index in [-0.39, 0.29) is 12.6 Å². The Morgan fingerprint density at radius 2 is 2.23 bits per heavy atom. The van der Waals surface area contributed by atoms with Crippen molar-refractivity contribution in [3.63, 3.8) is 0 Å². The molecule has 0 radical (unpaired) electrons. The lowest BCUT2D eigenvalue weighted by Crippen LogP contribution is -2.56. The summed E-state index contributed by atoms with van der Waals surface area (Å²) in [5, 5.41) is 3.34. The van der Waals surface area contributed by atoms with E-state index in [1.165, 1.54) is 0 Å². The first-order valence-corrected chi connectivity index (χ1v) is 4.89. The molecule has 1 heterocycles. The Kier molecular flexibility index (Phi) is 4.06. The molecule has 0 spiro atoms. The highest BCUT2D eigenvalue weighted by atomic mass is 19.3. The lowest BCUT2D eigenvalue weighted by Gasteiger charge is -2.38. The summed E-state index contributed by atoms with van der Waals surface area (Å²) in [5.41, 5.74) is 0. The van der Waals surface area contributed by atoms with Crippen LogP contribution < -0.4 is 5.32 Å².